The normalized spacial score (nSPS) is 21.8. The number of carbonyl (C=O) groups excluding carboxylic acids is 1. The minimum Gasteiger partial charge on any atom is -0.481 e. The second-order valence-corrected chi connectivity index (χ2v) is 16.7. The number of rotatable bonds is 14. The number of nitrogens with zero attached hydrogens (tertiary/aromatic N) is 3. The van der Waals surface area contributed by atoms with Crippen molar-refractivity contribution in [1.29, 1.82) is 0 Å². The highest BCUT2D eigenvalue weighted by molar-refractivity contribution is 7.18. The summed E-state index contributed by atoms with van der Waals surface area (Å²) in [7, 11) is 0. The van der Waals surface area contributed by atoms with Crippen molar-refractivity contribution in [2.45, 2.75) is 82.6 Å². The Morgan fingerprint density at radius 1 is 1.00 bits per heavy atom. The highest BCUT2D eigenvalue weighted by atomic mass is 35.5. The number of amides is 1. The number of aliphatic carboxylic acids is 1. The molecular formula is C40H39Cl2F2N7O4S. The number of carboxylic acids is 1. The molecule has 2 bridgehead atoms. The summed E-state index contributed by atoms with van der Waals surface area (Å²) >= 11 is 15.7. The number of pyridine rings is 2. The molecule has 1 amide bonds. The molecule has 3 aliphatic carbocycles. The number of carboxylic acid groups (broad SMARTS) is 1. The Bertz CT molecular complexity index is 2290. The smallest absolute Gasteiger partial charge is 0.387 e. The molecule has 292 valence electrons. The Hall–Kier alpha value is -4.47. The van der Waals surface area contributed by atoms with E-state index in [9.17, 15) is 23.5 Å². The number of hydrogen-bond donors (Lipinski definition) is 5. The molecule has 0 unspecified atom stereocenters. The lowest BCUT2D eigenvalue weighted by Gasteiger charge is -2.51. The van der Waals surface area contributed by atoms with Crippen LogP contribution in [0, 0.1) is 5.41 Å². The molecule has 4 heterocycles. The van der Waals surface area contributed by atoms with Crippen LogP contribution in [0.15, 0.2) is 60.9 Å². The summed E-state index contributed by atoms with van der Waals surface area (Å²) in [6.07, 6.45) is 9.02. The monoisotopic (exact) mass is 821 g/mol. The maximum absolute atomic E-state index is 13.5. The van der Waals surface area contributed by atoms with Crippen molar-refractivity contribution in [1.82, 2.24) is 30.9 Å². The lowest BCUT2D eigenvalue weighted by Crippen LogP contribution is -2.56. The number of aromatic nitrogens is 3. The topological polar surface area (TPSA) is 150 Å². The van der Waals surface area contributed by atoms with Gasteiger partial charge in [-0.15, -0.1) is 11.3 Å². The Balaban J connectivity index is 0.998. The molecule has 3 saturated carbocycles. The van der Waals surface area contributed by atoms with Crippen molar-refractivity contribution >= 4 is 68.1 Å². The molecule has 4 aliphatic rings. The first-order chi connectivity index (χ1) is 27.0. The van der Waals surface area contributed by atoms with Crippen LogP contribution in [-0.2, 0) is 22.7 Å². The number of hydrogen-bond acceptors (Lipinski definition) is 10. The number of nitrogens with one attached hydrogen (secondary N) is 4. The van der Waals surface area contributed by atoms with Crippen molar-refractivity contribution < 1.29 is 28.2 Å². The molecule has 1 aliphatic heterocycles. The Morgan fingerprint density at radius 2 is 1.73 bits per heavy atom. The third-order valence-electron chi connectivity index (χ3n) is 11.4. The van der Waals surface area contributed by atoms with Gasteiger partial charge in [-0.2, -0.15) is 8.78 Å². The number of benzene rings is 2. The summed E-state index contributed by atoms with van der Waals surface area (Å²) in [5.41, 5.74) is 3.20. The molecule has 5 aromatic rings. The number of halogens is 4. The van der Waals surface area contributed by atoms with Crippen molar-refractivity contribution in [2.75, 3.05) is 11.9 Å². The highest BCUT2D eigenvalue weighted by Crippen LogP contribution is 2.52. The van der Waals surface area contributed by atoms with Gasteiger partial charge in [-0.3, -0.25) is 14.6 Å². The average molecular weight is 823 g/mol. The Kier molecular flexibility index (Phi) is 10.8. The van der Waals surface area contributed by atoms with E-state index < -0.39 is 18.0 Å². The van der Waals surface area contributed by atoms with E-state index in [1.54, 1.807) is 29.7 Å². The molecule has 11 nitrogen and oxygen atoms in total. The van der Waals surface area contributed by atoms with E-state index >= 15 is 0 Å². The largest absolute Gasteiger partial charge is 0.481 e. The number of ether oxygens (including phenoxy) is 1. The quantitative estimate of drug-likeness (QED) is 0.0736. The van der Waals surface area contributed by atoms with Crippen molar-refractivity contribution in [3.8, 4) is 28.1 Å². The standard InChI is InChI=1S/C40H39Cl2F2N7O4S/c41-33-24(3-1-5-26(33)28-17-29(55-38(43)44)22(19-47-28)18-45-20-23-7-8-31(52)49-23)25-4-2-6-27(34(25)42)50-36-35-30(9-16-46-36)56-32(51-35)21-48-40-13-10-39(11-14-40,12-15-40)37(53)54/h1-6,9,16-17,19,23,38,45,48H,7-8,10-15,18,20-21H2,(H,46,50)(H,49,52)(H,53,54)/t23-,39?,40?/m0/s1. The Labute approximate surface area is 335 Å². The molecule has 1 atom stereocenters. The first kappa shape index (κ1) is 38.4. The third-order valence-corrected chi connectivity index (χ3v) is 13.3. The van der Waals surface area contributed by atoms with Crippen molar-refractivity contribution in [3.63, 3.8) is 0 Å². The predicted molar refractivity (Wildman–Crippen MR) is 213 cm³/mol. The minimum atomic E-state index is -3.05. The predicted octanol–water partition coefficient (Wildman–Crippen LogP) is 8.71. The van der Waals surface area contributed by atoms with Gasteiger partial charge in [0.05, 0.1) is 31.5 Å². The number of anilines is 2. The fraction of sp³-hybridized carbons (Fsp3) is 0.375. The maximum atomic E-state index is 13.5. The summed E-state index contributed by atoms with van der Waals surface area (Å²) in [6, 6.07) is 14.3. The molecule has 3 aromatic heterocycles. The van der Waals surface area contributed by atoms with E-state index in [0.717, 1.165) is 29.0 Å². The van der Waals surface area contributed by atoms with E-state index in [-0.39, 0.29) is 29.8 Å². The second kappa shape index (κ2) is 15.8. The van der Waals surface area contributed by atoms with E-state index in [4.69, 9.17) is 32.9 Å². The van der Waals surface area contributed by atoms with Crippen LogP contribution in [0.4, 0.5) is 20.3 Å². The van der Waals surface area contributed by atoms with E-state index in [2.05, 4.69) is 31.2 Å². The molecule has 9 rings (SSSR count). The molecule has 56 heavy (non-hydrogen) atoms. The number of alkyl halides is 2. The van der Waals surface area contributed by atoms with Gasteiger partial charge in [-0.1, -0.05) is 53.5 Å². The second-order valence-electron chi connectivity index (χ2n) is 14.8. The first-order valence-corrected chi connectivity index (χ1v) is 20.1. The van der Waals surface area contributed by atoms with Crippen LogP contribution in [0.25, 0.3) is 32.6 Å². The third kappa shape index (κ3) is 7.77. The lowest BCUT2D eigenvalue weighted by atomic mass is 9.57. The molecule has 5 N–H and O–H groups in total. The molecule has 1 saturated heterocycles. The van der Waals surface area contributed by atoms with Gasteiger partial charge in [0.1, 0.15) is 16.3 Å². The van der Waals surface area contributed by atoms with E-state index in [0.29, 0.717) is 100 Å². The van der Waals surface area contributed by atoms with Crippen LogP contribution in [0.1, 0.15) is 61.9 Å². The van der Waals surface area contributed by atoms with Crippen LogP contribution in [-0.4, -0.2) is 56.7 Å². The molecule has 2 aromatic carbocycles. The molecule has 4 fully saturated rings. The van der Waals surface area contributed by atoms with E-state index in [1.807, 2.05) is 30.3 Å². The zero-order valence-electron chi connectivity index (χ0n) is 30.1. The number of thiazole rings is 1. The summed E-state index contributed by atoms with van der Waals surface area (Å²) in [6.45, 7) is -1.77. The maximum Gasteiger partial charge on any atom is 0.387 e. The van der Waals surface area contributed by atoms with Gasteiger partial charge < -0.3 is 31.1 Å². The zero-order valence-corrected chi connectivity index (χ0v) is 32.5. The number of carbonyl (C=O) groups is 2. The first-order valence-electron chi connectivity index (χ1n) is 18.5. The fourth-order valence-corrected chi connectivity index (χ4v) is 9.67. The van der Waals surface area contributed by atoms with Gasteiger partial charge in [0.2, 0.25) is 5.91 Å². The summed E-state index contributed by atoms with van der Waals surface area (Å²) in [5, 5.41) is 24.6. The summed E-state index contributed by atoms with van der Waals surface area (Å²) in [5.74, 6) is -0.154. The van der Waals surface area contributed by atoms with Gasteiger partial charge in [-0.05, 0) is 57.1 Å². The molecule has 0 radical (unpaired) electrons. The van der Waals surface area contributed by atoms with Crippen molar-refractivity contribution in [2.24, 2.45) is 5.41 Å². The van der Waals surface area contributed by atoms with Crippen molar-refractivity contribution in [3.05, 3.63) is 81.5 Å². The number of fused-ring (bicyclic) bond motifs is 4. The summed E-state index contributed by atoms with van der Waals surface area (Å²) in [4.78, 5) is 37.5. The van der Waals surface area contributed by atoms with Gasteiger partial charge >= 0.3 is 12.6 Å². The van der Waals surface area contributed by atoms with Crippen LogP contribution in [0.2, 0.25) is 10.0 Å². The lowest BCUT2D eigenvalue weighted by molar-refractivity contribution is -0.156. The van der Waals surface area contributed by atoms with Crippen LogP contribution < -0.4 is 26.0 Å². The molecule has 0 spiro atoms. The van der Waals surface area contributed by atoms with Gasteiger partial charge in [0.15, 0.2) is 5.82 Å². The van der Waals surface area contributed by atoms with Gasteiger partial charge in [-0.25, -0.2) is 9.97 Å². The van der Waals surface area contributed by atoms with E-state index in [1.165, 1.54) is 12.3 Å². The van der Waals surface area contributed by atoms with Crippen LogP contribution >= 0.6 is 34.5 Å². The van der Waals surface area contributed by atoms with Gasteiger partial charge in [0, 0.05) is 78.3 Å². The Morgan fingerprint density at radius 3 is 2.45 bits per heavy atom. The summed E-state index contributed by atoms with van der Waals surface area (Å²) < 4.78 is 32.9. The molecule has 16 heteroatoms. The van der Waals surface area contributed by atoms with Crippen LogP contribution in [0.5, 0.6) is 5.75 Å². The fourth-order valence-electron chi connectivity index (χ4n) is 8.17. The molecular weight excluding hydrogens is 783 g/mol. The highest BCUT2D eigenvalue weighted by Gasteiger charge is 2.52. The van der Waals surface area contributed by atoms with Crippen LogP contribution in [0.3, 0.4) is 0 Å². The SMILES string of the molecule is O=C1CC[C@@H](CNCc2cnc(-c3cccc(-c4cccc(Nc5nccc6sc(CNC78CCC(C(=O)O)(CC7)CC8)nc56)c4Cl)c3Cl)cc2OC(F)F)N1. The zero-order chi connectivity index (χ0) is 39.0. The average Bonchev–Trinajstić information content (AvgIpc) is 3.82. The van der Waals surface area contributed by atoms with Gasteiger partial charge in [0.25, 0.3) is 0 Å². The minimum absolute atomic E-state index is 0.00154.